The molecule has 0 heterocycles. The van der Waals surface area contributed by atoms with E-state index in [1.165, 1.54) is 12.8 Å². The monoisotopic (exact) mass is 270 g/mol. The first kappa shape index (κ1) is 15.5. The van der Waals surface area contributed by atoms with Crippen molar-refractivity contribution in [3.63, 3.8) is 0 Å². The van der Waals surface area contributed by atoms with Crippen LogP contribution < -0.4 is 10.6 Å². The minimum absolute atomic E-state index is 0.0291. The summed E-state index contributed by atoms with van der Waals surface area (Å²) in [5.41, 5.74) is 0. The number of nitrogens with one attached hydrogen (secondary N) is 2. The van der Waals surface area contributed by atoms with Gasteiger partial charge in [-0.3, -0.25) is 14.4 Å². The summed E-state index contributed by atoms with van der Waals surface area (Å²) in [5.74, 6) is -0.754. The number of carboxylic acid groups (broad SMARTS) is 1. The molecule has 0 aromatic rings. The Morgan fingerprint density at radius 1 is 1.05 bits per heavy atom. The van der Waals surface area contributed by atoms with Crippen LogP contribution in [0.4, 0.5) is 0 Å². The molecule has 1 rings (SSSR count). The van der Waals surface area contributed by atoms with E-state index in [0.29, 0.717) is 25.3 Å². The van der Waals surface area contributed by atoms with Crippen molar-refractivity contribution in [2.75, 3.05) is 13.1 Å². The van der Waals surface area contributed by atoms with Gasteiger partial charge in [0.25, 0.3) is 0 Å². The standard InChI is InChI=1S/C13H22N2O4/c16-11(8-10-4-1-2-5-10)15-9-12(17)14-7-3-6-13(18)19/h10H,1-9H2,(H,14,17)(H,15,16)(H,18,19). The maximum Gasteiger partial charge on any atom is 0.303 e. The van der Waals surface area contributed by atoms with Crippen molar-refractivity contribution in [3.05, 3.63) is 0 Å². The van der Waals surface area contributed by atoms with Crippen molar-refractivity contribution in [1.29, 1.82) is 0 Å². The van der Waals surface area contributed by atoms with Crippen LogP contribution in [0.3, 0.4) is 0 Å². The van der Waals surface area contributed by atoms with Crippen LogP contribution in [-0.4, -0.2) is 36.0 Å². The molecule has 19 heavy (non-hydrogen) atoms. The third-order valence-corrected chi connectivity index (χ3v) is 3.28. The van der Waals surface area contributed by atoms with E-state index < -0.39 is 5.97 Å². The Kier molecular flexibility index (Phi) is 6.92. The smallest absolute Gasteiger partial charge is 0.303 e. The summed E-state index contributed by atoms with van der Waals surface area (Å²) in [4.78, 5) is 33.2. The molecule has 2 amide bonds. The van der Waals surface area contributed by atoms with Gasteiger partial charge in [-0.25, -0.2) is 0 Å². The van der Waals surface area contributed by atoms with Gasteiger partial charge in [0.1, 0.15) is 0 Å². The maximum atomic E-state index is 11.6. The molecule has 0 saturated heterocycles. The lowest BCUT2D eigenvalue weighted by molar-refractivity contribution is -0.137. The molecule has 0 radical (unpaired) electrons. The Morgan fingerprint density at radius 3 is 2.37 bits per heavy atom. The zero-order valence-corrected chi connectivity index (χ0v) is 11.1. The van der Waals surface area contributed by atoms with Crippen LogP contribution in [0.2, 0.25) is 0 Å². The fourth-order valence-electron chi connectivity index (χ4n) is 2.26. The van der Waals surface area contributed by atoms with Gasteiger partial charge in [-0.15, -0.1) is 0 Å². The van der Waals surface area contributed by atoms with Gasteiger partial charge in [-0.2, -0.15) is 0 Å². The van der Waals surface area contributed by atoms with Gasteiger partial charge in [-0.05, 0) is 25.2 Å². The molecule has 1 aliphatic carbocycles. The highest BCUT2D eigenvalue weighted by Crippen LogP contribution is 2.27. The summed E-state index contributed by atoms with van der Waals surface area (Å²) in [6, 6.07) is 0. The van der Waals surface area contributed by atoms with Crippen LogP contribution >= 0.6 is 0 Å². The maximum absolute atomic E-state index is 11.6. The second-order valence-corrected chi connectivity index (χ2v) is 4.98. The molecule has 0 atom stereocenters. The summed E-state index contributed by atoms with van der Waals surface area (Å²) in [5, 5.41) is 13.6. The van der Waals surface area contributed by atoms with E-state index in [9.17, 15) is 14.4 Å². The van der Waals surface area contributed by atoms with E-state index in [1.54, 1.807) is 0 Å². The Hall–Kier alpha value is -1.59. The van der Waals surface area contributed by atoms with Gasteiger partial charge < -0.3 is 15.7 Å². The van der Waals surface area contributed by atoms with Crippen LogP contribution in [0.5, 0.6) is 0 Å². The van der Waals surface area contributed by atoms with Crippen molar-refractivity contribution < 1.29 is 19.5 Å². The summed E-state index contributed by atoms with van der Waals surface area (Å²) < 4.78 is 0. The quantitative estimate of drug-likeness (QED) is 0.565. The molecule has 1 fully saturated rings. The average molecular weight is 270 g/mol. The normalized spacial score (nSPS) is 15.2. The topological polar surface area (TPSA) is 95.5 Å². The van der Waals surface area contributed by atoms with Gasteiger partial charge in [0.15, 0.2) is 0 Å². The van der Waals surface area contributed by atoms with Gasteiger partial charge >= 0.3 is 5.97 Å². The highest BCUT2D eigenvalue weighted by molar-refractivity contribution is 5.84. The van der Waals surface area contributed by atoms with E-state index in [0.717, 1.165) is 12.8 Å². The molecule has 1 aliphatic rings. The number of hydrogen-bond donors (Lipinski definition) is 3. The zero-order chi connectivity index (χ0) is 14.1. The lowest BCUT2D eigenvalue weighted by atomic mass is 10.0. The Morgan fingerprint density at radius 2 is 1.74 bits per heavy atom. The molecule has 0 bridgehead atoms. The summed E-state index contributed by atoms with van der Waals surface area (Å²) in [6.07, 6.45) is 5.55. The Bertz CT molecular complexity index is 325. The molecule has 6 nitrogen and oxygen atoms in total. The first-order valence-corrected chi connectivity index (χ1v) is 6.83. The highest BCUT2D eigenvalue weighted by Gasteiger charge is 2.18. The van der Waals surface area contributed by atoms with Crippen molar-refractivity contribution in [3.8, 4) is 0 Å². The third kappa shape index (κ3) is 7.43. The lowest BCUT2D eigenvalue weighted by Crippen LogP contribution is -2.37. The summed E-state index contributed by atoms with van der Waals surface area (Å²) in [7, 11) is 0. The molecular formula is C13H22N2O4. The van der Waals surface area contributed by atoms with Gasteiger partial charge in [-0.1, -0.05) is 12.8 Å². The van der Waals surface area contributed by atoms with Gasteiger partial charge in [0, 0.05) is 19.4 Å². The zero-order valence-electron chi connectivity index (χ0n) is 11.1. The molecule has 0 aromatic carbocycles. The second-order valence-electron chi connectivity index (χ2n) is 4.98. The molecule has 0 aliphatic heterocycles. The number of carboxylic acids is 1. The van der Waals surface area contributed by atoms with Crippen molar-refractivity contribution in [1.82, 2.24) is 10.6 Å². The van der Waals surface area contributed by atoms with Crippen LogP contribution in [-0.2, 0) is 14.4 Å². The number of hydrogen-bond acceptors (Lipinski definition) is 3. The van der Waals surface area contributed by atoms with E-state index in [1.807, 2.05) is 0 Å². The van der Waals surface area contributed by atoms with E-state index in [2.05, 4.69) is 10.6 Å². The SMILES string of the molecule is O=C(O)CCCNC(=O)CNC(=O)CC1CCCC1. The fourth-order valence-corrected chi connectivity index (χ4v) is 2.26. The predicted octanol–water partition coefficient (Wildman–Crippen LogP) is 0.664. The van der Waals surface area contributed by atoms with E-state index in [4.69, 9.17) is 5.11 Å². The first-order valence-electron chi connectivity index (χ1n) is 6.83. The molecule has 0 aromatic heterocycles. The van der Waals surface area contributed by atoms with Crippen LogP contribution in [0, 0.1) is 5.92 Å². The van der Waals surface area contributed by atoms with Crippen molar-refractivity contribution >= 4 is 17.8 Å². The molecule has 0 spiro atoms. The molecule has 6 heteroatoms. The number of amides is 2. The Balaban J connectivity index is 2.02. The lowest BCUT2D eigenvalue weighted by Gasteiger charge is -2.09. The van der Waals surface area contributed by atoms with Gasteiger partial charge in [0.05, 0.1) is 6.54 Å². The fraction of sp³-hybridized carbons (Fsp3) is 0.769. The van der Waals surface area contributed by atoms with Crippen molar-refractivity contribution in [2.24, 2.45) is 5.92 Å². The minimum atomic E-state index is -0.876. The van der Waals surface area contributed by atoms with Crippen LogP contribution in [0.25, 0.3) is 0 Å². The number of carbonyl (C=O) groups is 3. The molecule has 3 N–H and O–H groups in total. The average Bonchev–Trinajstić information content (AvgIpc) is 2.84. The molecule has 108 valence electrons. The van der Waals surface area contributed by atoms with Gasteiger partial charge in [0.2, 0.25) is 11.8 Å². The largest absolute Gasteiger partial charge is 0.481 e. The van der Waals surface area contributed by atoms with E-state index >= 15 is 0 Å². The summed E-state index contributed by atoms with van der Waals surface area (Å²) >= 11 is 0. The molecule has 1 saturated carbocycles. The molecular weight excluding hydrogens is 248 g/mol. The summed E-state index contributed by atoms with van der Waals surface area (Å²) in [6.45, 7) is 0.294. The van der Waals surface area contributed by atoms with Crippen molar-refractivity contribution in [2.45, 2.75) is 44.9 Å². The highest BCUT2D eigenvalue weighted by atomic mass is 16.4. The number of rotatable bonds is 8. The Labute approximate surface area is 112 Å². The molecule has 0 unspecified atom stereocenters. The predicted molar refractivity (Wildman–Crippen MR) is 69.5 cm³/mol. The minimum Gasteiger partial charge on any atom is -0.481 e. The first-order chi connectivity index (χ1) is 9.08. The third-order valence-electron chi connectivity index (χ3n) is 3.28. The van der Waals surface area contributed by atoms with Crippen LogP contribution in [0.1, 0.15) is 44.9 Å². The number of aliphatic carboxylic acids is 1. The van der Waals surface area contributed by atoms with Crippen LogP contribution in [0.15, 0.2) is 0 Å². The second kappa shape index (κ2) is 8.50. The number of carbonyl (C=O) groups excluding carboxylic acids is 2. The van der Waals surface area contributed by atoms with E-state index in [-0.39, 0.29) is 24.8 Å².